The van der Waals surface area contributed by atoms with E-state index in [4.69, 9.17) is 9.84 Å². The number of nitrogens with zero attached hydrogens (tertiary/aromatic N) is 1. The zero-order chi connectivity index (χ0) is 21.5. The molecule has 2 fully saturated rings. The Morgan fingerprint density at radius 3 is 2.26 bits per heavy atom. The number of nitrogens with one attached hydrogen (secondary N) is 1. The Balaban J connectivity index is 1.12. The van der Waals surface area contributed by atoms with Crippen molar-refractivity contribution in [2.24, 2.45) is 11.8 Å². The van der Waals surface area contributed by atoms with E-state index >= 15 is 0 Å². The van der Waals surface area contributed by atoms with Crippen molar-refractivity contribution in [1.29, 1.82) is 0 Å². The van der Waals surface area contributed by atoms with Gasteiger partial charge >= 0.3 is 12.1 Å². The zero-order valence-electron chi connectivity index (χ0n) is 17.0. The topological polar surface area (TPSA) is 95.9 Å². The molecule has 0 bridgehead atoms. The lowest BCUT2D eigenvalue weighted by Gasteiger charge is -2.38. The molecule has 0 aromatic heterocycles. The summed E-state index contributed by atoms with van der Waals surface area (Å²) in [5, 5.41) is 11.9. The number of carbonyl (C=O) groups is 3. The van der Waals surface area contributed by atoms with Crippen LogP contribution >= 0.6 is 0 Å². The van der Waals surface area contributed by atoms with E-state index < -0.39 is 18.1 Å². The second kappa shape index (κ2) is 7.72. The van der Waals surface area contributed by atoms with Crippen molar-refractivity contribution in [2.45, 2.75) is 24.8 Å². The number of aliphatic carboxylic acids is 1. The fourth-order valence-electron chi connectivity index (χ4n) is 4.76. The number of ether oxygens (including phenoxy) is 1. The fraction of sp³-hybridized carbons (Fsp3) is 0.375. The van der Waals surface area contributed by atoms with E-state index in [2.05, 4.69) is 29.6 Å². The number of carbonyl (C=O) groups excluding carboxylic acids is 2. The summed E-state index contributed by atoms with van der Waals surface area (Å²) in [6.45, 7) is 1.11. The molecule has 1 heterocycles. The van der Waals surface area contributed by atoms with Crippen LogP contribution < -0.4 is 5.32 Å². The maximum Gasteiger partial charge on any atom is 0.407 e. The number of hydrogen-bond donors (Lipinski definition) is 2. The van der Waals surface area contributed by atoms with E-state index in [1.807, 2.05) is 24.3 Å². The van der Waals surface area contributed by atoms with Gasteiger partial charge in [0, 0.05) is 24.9 Å². The van der Waals surface area contributed by atoms with Crippen molar-refractivity contribution in [3.63, 3.8) is 0 Å². The van der Waals surface area contributed by atoms with Crippen molar-refractivity contribution in [3.05, 3.63) is 59.7 Å². The third-order valence-electron chi connectivity index (χ3n) is 6.68. The first kappa shape index (κ1) is 19.6. The monoisotopic (exact) mass is 420 g/mol. The average Bonchev–Trinajstić information content (AvgIpc) is 3.45. The van der Waals surface area contributed by atoms with Gasteiger partial charge in [0.1, 0.15) is 12.6 Å². The first-order valence-electron chi connectivity index (χ1n) is 10.7. The number of alkyl carbamates (subject to hydrolysis) is 1. The molecule has 2 N–H and O–H groups in total. The highest BCUT2D eigenvalue weighted by Gasteiger charge is 2.49. The van der Waals surface area contributed by atoms with Crippen molar-refractivity contribution in [1.82, 2.24) is 10.2 Å². The minimum atomic E-state index is -0.950. The highest BCUT2D eigenvalue weighted by Crippen LogP contribution is 2.44. The van der Waals surface area contributed by atoms with Crippen molar-refractivity contribution in [2.75, 3.05) is 19.7 Å². The number of amides is 2. The second-order valence-electron chi connectivity index (χ2n) is 8.48. The minimum Gasteiger partial charge on any atom is -0.480 e. The van der Waals surface area contributed by atoms with Gasteiger partial charge in [-0.3, -0.25) is 4.79 Å². The van der Waals surface area contributed by atoms with E-state index in [1.54, 1.807) is 0 Å². The number of carboxylic acids is 1. The predicted octanol–water partition coefficient (Wildman–Crippen LogP) is 2.85. The normalized spacial score (nSPS) is 23.4. The molecule has 2 aromatic carbocycles. The van der Waals surface area contributed by atoms with Crippen LogP contribution in [-0.2, 0) is 14.3 Å². The van der Waals surface area contributed by atoms with Crippen LogP contribution in [0.2, 0.25) is 0 Å². The molecular weight excluding hydrogens is 396 g/mol. The smallest absolute Gasteiger partial charge is 0.407 e. The van der Waals surface area contributed by atoms with Crippen LogP contribution in [0.15, 0.2) is 48.5 Å². The minimum absolute atomic E-state index is 0.00719. The largest absolute Gasteiger partial charge is 0.480 e. The summed E-state index contributed by atoms with van der Waals surface area (Å²) in [7, 11) is 0. The SMILES string of the molecule is O=C(NC[C@@H]1C[C@@H]1C(=O)N1CCC1C(=O)O)OCC1c2ccccc2-c2ccccc21. The van der Waals surface area contributed by atoms with Gasteiger partial charge in [0.05, 0.1) is 0 Å². The lowest BCUT2D eigenvalue weighted by Crippen LogP contribution is -2.55. The van der Waals surface area contributed by atoms with Gasteiger partial charge in [-0.15, -0.1) is 0 Å². The van der Waals surface area contributed by atoms with Gasteiger partial charge in [-0.25, -0.2) is 9.59 Å². The van der Waals surface area contributed by atoms with Crippen LogP contribution in [0.3, 0.4) is 0 Å². The molecule has 2 aliphatic carbocycles. The first-order valence-corrected chi connectivity index (χ1v) is 10.7. The first-order chi connectivity index (χ1) is 15.0. The number of likely N-dealkylation sites (tertiary alicyclic amines) is 1. The lowest BCUT2D eigenvalue weighted by molar-refractivity contribution is -0.158. The van der Waals surface area contributed by atoms with Crippen LogP contribution in [0.5, 0.6) is 0 Å². The summed E-state index contributed by atoms with van der Waals surface area (Å²) in [6.07, 6.45) is 0.689. The third kappa shape index (κ3) is 3.54. The summed E-state index contributed by atoms with van der Waals surface area (Å²) < 4.78 is 5.52. The Bertz CT molecular complexity index is 1010. The number of fused-ring (bicyclic) bond motifs is 3. The molecule has 2 aromatic rings. The zero-order valence-corrected chi connectivity index (χ0v) is 17.0. The molecule has 1 saturated heterocycles. The lowest BCUT2D eigenvalue weighted by atomic mass is 9.98. The predicted molar refractivity (Wildman–Crippen MR) is 112 cm³/mol. The maximum atomic E-state index is 12.4. The van der Waals surface area contributed by atoms with E-state index in [0.29, 0.717) is 25.9 Å². The summed E-state index contributed by atoms with van der Waals surface area (Å²) in [4.78, 5) is 37.2. The average molecular weight is 420 g/mol. The molecule has 3 aliphatic rings. The quantitative estimate of drug-likeness (QED) is 0.749. The van der Waals surface area contributed by atoms with Crippen LogP contribution in [0.25, 0.3) is 11.1 Å². The van der Waals surface area contributed by atoms with Crippen molar-refractivity contribution >= 4 is 18.0 Å². The molecule has 0 spiro atoms. The van der Waals surface area contributed by atoms with Crippen LogP contribution in [0, 0.1) is 11.8 Å². The molecule has 3 atom stereocenters. The molecule has 7 heteroatoms. The van der Waals surface area contributed by atoms with Gasteiger partial charge in [0.15, 0.2) is 0 Å². The molecule has 1 unspecified atom stereocenters. The van der Waals surface area contributed by atoms with E-state index in [9.17, 15) is 14.4 Å². The Labute approximate surface area is 180 Å². The van der Waals surface area contributed by atoms with Gasteiger partial charge in [-0.2, -0.15) is 0 Å². The van der Waals surface area contributed by atoms with E-state index in [1.165, 1.54) is 16.0 Å². The number of benzene rings is 2. The molecule has 0 radical (unpaired) electrons. The van der Waals surface area contributed by atoms with Gasteiger partial charge in [-0.1, -0.05) is 48.5 Å². The van der Waals surface area contributed by atoms with Gasteiger partial charge < -0.3 is 20.1 Å². The maximum absolute atomic E-state index is 12.4. The van der Waals surface area contributed by atoms with E-state index in [0.717, 1.165) is 11.1 Å². The Hall–Kier alpha value is -3.35. The molecule has 31 heavy (non-hydrogen) atoms. The van der Waals surface area contributed by atoms with Gasteiger partial charge in [0.2, 0.25) is 5.91 Å². The molecule has 5 rings (SSSR count). The molecule has 1 aliphatic heterocycles. The van der Waals surface area contributed by atoms with Gasteiger partial charge in [-0.05, 0) is 41.0 Å². The van der Waals surface area contributed by atoms with Gasteiger partial charge in [0.25, 0.3) is 0 Å². The third-order valence-corrected chi connectivity index (χ3v) is 6.68. The number of carboxylic acid groups (broad SMARTS) is 1. The number of rotatable bonds is 6. The van der Waals surface area contributed by atoms with Crippen molar-refractivity contribution < 1.29 is 24.2 Å². The molecule has 2 amide bonds. The summed E-state index contributed by atoms with van der Waals surface area (Å²) in [5.74, 6) is -1.21. The Kier molecular flexibility index (Phi) is 4.88. The standard InChI is InChI=1S/C24H24N2O5/c27-22(26-10-9-21(26)23(28)29)19-11-14(19)12-25-24(30)31-13-20-17-7-3-1-5-15(17)16-6-2-4-8-18(16)20/h1-8,14,19-21H,9-13H2,(H,25,30)(H,28,29)/t14-,19-,21?/m0/s1. The molecule has 160 valence electrons. The second-order valence-corrected chi connectivity index (χ2v) is 8.48. The fourth-order valence-corrected chi connectivity index (χ4v) is 4.76. The van der Waals surface area contributed by atoms with Crippen LogP contribution in [0.1, 0.15) is 29.9 Å². The Morgan fingerprint density at radius 1 is 1.03 bits per heavy atom. The number of hydrogen-bond acceptors (Lipinski definition) is 4. The molecule has 1 saturated carbocycles. The van der Waals surface area contributed by atoms with E-state index in [-0.39, 0.29) is 30.3 Å². The van der Waals surface area contributed by atoms with Crippen molar-refractivity contribution in [3.8, 4) is 11.1 Å². The highest BCUT2D eigenvalue weighted by molar-refractivity contribution is 5.88. The molecular formula is C24H24N2O5. The summed E-state index contributed by atoms with van der Waals surface area (Å²) in [6, 6.07) is 15.6. The molecule has 7 nitrogen and oxygen atoms in total. The summed E-state index contributed by atoms with van der Waals surface area (Å²) >= 11 is 0. The Morgan fingerprint density at radius 2 is 1.68 bits per heavy atom. The highest BCUT2D eigenvalue weighted by atomic mass is 16.5. The van der Waals surface area contributed by atoms with Crippen LogP contribution in [-0.4, -0.2) is 53.7 Å². The summed E-state index contributed by atoms with van der Waals surface area (Å²) in [5.41, 5.74) is 4.67. The van der Waals surface area contributed by atoms with Crippen LogP contribution in [0.4, 0.5) is 4.79 Å².